The monoisotopic (exact) mass is 468 g/mol. The first-order chi connectivity index (χ1) is 16.9. The molecule has 0 bridgehead atoms. The van der Waals surface area contributed by atoms with Crippen LogP contribution in [-0.2, 0) is 6.54 Å². The van der Waals surface area contributed by atoms with E-state index in [0.29, 0.717) is 34.5 Å². The SMILES string of the molecule is CCN(CC)CC/C(C)=N/Nc1cccc2c1C(=O)c1cn3c(c1C2=O)C(C)c1ccccc1C3. The summed E-state index contributed by atoms with van der Waals surface area (Å²) >= 11 is 0. The van der Waals surface area contributed by atoms with Crippen LogP contribution in [0.5, 0.6) is 0 Å². The van der Waals surface area contributed by atoms with Gasteiger partial charge >= 0.3 is 0 Å². The molecule has 0 fully saturated rings. The van der Waals surface area contributed by atoms with E-state index in [1.165, 1.54) is 11.1 Å². The second-order valence-electron chi connectivity index (χ2n) is 9.47. The maximum Gasteiger partial charge on any atom is 0.198 e. The molecular weight excluding hydrogens is 436 g/mol. The summed E-state index contributed by atoms with van der Waals surface area (Å²) in [5, 5.41) is 4.53. The molecule has 1 unspecified atom stereocenters. The highest BCUT2D eigenvalue weighted by Crippen LogP contribution is 2.41. The van der Waals surface area contributed by atoms with Crippen molar-refractivity contribution in [1.29, 1.82) is 0 Å². The Bertz CT molecular complexity index is 1350. The third-order valence-electron chi connectivity index (χ3n) is 7.45. The van der Waals surface area contributed by atoms with Gasteiger partial charge in [-0.15, -0.1) is 0 Å². The van der Waals surface area contributed by atoms with Crippen LogP contribution in [0.1, 0.15) is 88.7 Å². The minimum atomic E-state index is -0.119. The number of hydrogen-bond donors (Lipinski definition) is 1. The zero-order chi connectivity index (χ0) is 24.7. The van der Waals surface area contributed by atoms with E-state index in [0.717, 1.165) is 37.5 Å². The lowest BCUT2D eigenvalue weighted by Crippen LogP contribution is -2.25. The van der Waals surface area contributed by atoms with Crippen LogP contribution in [0.4, 0.5) is 5.69 Å². The first-order valence-electron chi connectivity index (χ1n) is 12.5. The van der Waals surface area contributed by atoms with Crippen LogP contribution >= 0.6 is 0 Å². The summed E-state index contributed by atoms with van der Waals surface area (Å²) in [6.45, 7) is 12.0. The summed E-state index contributed by atoms with van der Waals surface area (Å²) in [5.41, 5.74) is 9.92. The molecule has 1 aliphatic heterocycles. The van der Waals surface area contributed by atoms with Crippen molar-refractivity contribution in [3.8, 4) is 0 Å². The van der Waals surface area contributed by atoms with Crippen molar-refractivity contribution in [1.82, 2.24) is 9.47 Å². The first-order valence-corrected chi connectivity index (χ1v) is 12.5. The van der Waals surface area contributed by atoms with Gasteiger partial charge in [0.15, 0.2) is 11.6 Å². The number of aromatic nitrogens is 1. The zero-order valence-electron chi connectivity index (χ0n) is 20.9. The summed E-state index contributed by atoms with van der Waals surface area (Å²) in [7, 11) is 0. The van der Waals surface area contributed by atoms with Crippen LogP contribution in [0.15, 0.2) is 53.8 Å². The lowest BCUT2D eigenvalue weighted by molar-refractivity contribution is 0.0980. The number of anilines is 1. The third kappa shape index (κ3) is 3.92. The molecule has 1 N–H and O–H groups in total. The zero-order valence-corrected chi connectivity index (χ0v) is 20.9. The number of carbonyl (C=O) groups excluding carboxylic acids is 2. The summed E-state index contributed by atoms with van der Waals surface area (Å²) in [4.78, 5) is 29.8. The van der Waals surface area contributed by atoms with E-state index in [4.69, 9.17) is 0 Å². The van der Waals surface area contributed by atoms with Gasteiger partial charge in [0.2, 0.25) is 0 Å². The second-order valence-corrected chi connectivity index (χ2v) is 9.47. The fraction of sp³-hybridized carbons (Fsp3) is 0.345. The molecule has 1 aromatic heterocycles. The molecule has 2 aromatic carbocycles. The fourth-order valence-corrected chi connectivity index (χ4v) is 5.43. The van der Waals surface area contributed by atoms with Crippen molar-refractivity contribution in [2.75, 3.05) is 25.1 Å². The molecule has 0 saturated carbocycles. The number of rotatable bonds is 7. The molecule has 2 aliphatic rings. The molecule has 1 atom stereocenters. The Hall–Kier alpha value is -3.51. The van der Waals surface area contributed by atoms with Crippen molar-refractivity contribution in [3.63, 3.8) is 0 Å². The maximum absolute atomic E-state index is 13.7. The number of ketones is 2. The van der Waals surface area contributed by atoms with Gasteiger partial charge in [-0.25, -0.2) is 0 Å². The van der Waals surface area contributed by atoms with E-state index < -0.39 is 0 Å². The van der Waals surface area contributed by atoms with Crippen LogP contribution in [0, 0.1) is 0 Å². The van der Waals surface area contributed by atoms with E-state index in [1.54, 1.807) is 6.07 Å². The molecule has 5 rings (SSSR count). The lowest BCUT2D eigenvalue weighted by atomic mass is 9.81. The van der Waals surface area contributed by atoms with Crippen LogP contribution < -0.4 is 5.43 Å². The Balaban J connectivity index is 1.47. The van der Waals surface area contributed by atoms with Crippen molar-refractivity contribution in [3.05, 3.63) is 87.7 Å². The topological polar surface area (TPSA) is 66.7 Å². The first kappa shape index (κ1) is 23.2. The molecule has 0 saturated heterocycles. The minimum absolute atomic E-state index is 0.0429. The number of hydrogen-bond acceptors (Lipinski definition) is 5. The average molecular weight is 469 g/mol. The molecular formula is C29H32N4O2. The summed E-state index contributed by atoms with van der Waals surface area (Å²) in [5.74, 6) is -0.159. The third-order valence-corrected chi connectivity index (χ3v) is 7.45. The highest BCUT2D eigenvalue weighted by atomic mass is 16.1. The van der Waals surface area contributed by atoms with Gasteiger partial charge in [0, 0.05) is 42.2 Å². The van der Waals surface area contributed by atoms with E-state index in [-0.39, 0.29) is 17.5 Å². The molecule has 0 radical (unpaired) electrons. The van der Waals surface area contributed by atoms with Gasteiger partial charge in [0.05, 0.1) is 22.4 Å². The summed E-state index contributed by atoms with van der Waals surface area (Å²) < 4.78 is 2.09. The smallest absolute Gasteiger partial charge is 0.198 e. The van der Waals surface area contributed by atoms with Crippen LogP contribution in [0.25, 0.3) is 0 Å². The number of benzene rings is 2. The highest BCUT2D eigenvalue weighted by Gasteiger charge is 2.39. The lowest BCUT2D eigenvalue weighted by Gasteiger charge is -2.27. The van der Waals surface area contributed by atoms with E-state index in [2.05, 4.69) is 52.9 Å². The molecule has 2 heterocycles. The standard InChI is InChI=1S/C29H32N4O2/c1-5-32(6-2)15-14-18(3)30-31-24-13-9-12-22-25(24)29(35)23-17-33-16-20-10-7-8-11-21(20)19(4)27(33)26(23)28(22)34/h7-13,17,19,31H,5-6,14-16H2,1-4H3/b30-18+. The Morgan fingerprint density at radius 1 is 1.03 bits per heavy atom. The minimum Gasteiger partial charge on any atom is -0.345 e. The molecule has 0 amide bonds. The Labute approximate surface area is 206 Å². The Kier molecular flexibility index (Phi) is 6.15. The second kappa shape index (κ2) is 9.27. The number of carbonyl (C=O) groups is 2. The van der Waals surface area contributed by atoms with E-state index in [1.807, 2.05) is 37.4 Å². The number of nitrogens with one attached hydrogen (secondary N) is 1. The van der Waals surface area contributed by atoms with Crippen LogP contribution in [0.2, 0.25) is 0 Å². The molecule has 6 heteroatoms. The van der Waals surface area contributed by atoms with Gasteiger partial charge < -0.3 is 9.47 Å². The largest absolute Gasteiger partial charge is 0.345 e. The van der Waals surface area contributed by atoms with Gasteiger partial charge in [-0.1, -0.05) is 57.2 Å². The highest BCUT2D eigenvalue weighted by molar-refractivity contribution is 6.30. The van der Waals surface area contributed by atoms with Gasteiger partial charge in [0.25, 0.3) is 0 Å². The van der Waals surface area contributed by atoms with Gasteiger partial charge in [-0.05, 0) is 43.6 Å². The summed E-state index contributed by atoms with van der Waals surface area (Å²) in [6, 6.07) is 13.7. The van der Waals surface area contributed by atoms with Gasteiger partial charge in [-0.2, -0.15) is 5.10 Å². The van der Waals surface area contributed by atoms with Gasteiger partial charge in [-0.3, -0.25) is 15.0 Å². The quantitative estimate of drug-likeness (QED) is 0.295. The van der Waals surface area contributed by atoms with Crippen LogP contribution in [0.3, 0.4) is 0 Å². The number of nitrogens with zero attached hydrogens (tertiary/aromatic N) is 3. The van der Waals surface area contributed by atoms with Crippen molar-refractivity contribution in [2.45, 2.75) is 46.6 Å². The maximum atomic E-state index is 13.7. The molecule has 180 valence electrons. The van der Waals surface area contributed by atoms with Crippen molar-refractivity contribution < 1.29 is 9.59 Å². The van der Waals surface area contributed by atoms with E-state index in [9.17, 15) is 9.59 Å². The predicted molar refractivity (Wildman–Crippen MR) is 140 cm³/mol. The molecule has 0 spiro atoms. The molecule has 35 heavy (non-hydrogen) atoms. The van der Waals surface area contributed by atoms with E-state index >= 15 is 0 Å². The Morgan fingerprint density at radius 2 is 1.77 bits per heavy atom. The normalized spacial score (nSPS) is 16.6. The van der Waals surface area contributed by atoms with Crippen molar-refractivity contribution >= 4 is 23.0 Å². The molecule has 3 aromatic rings. The molecule has 6 nitrogen and oxygen atoms in total. The fourth-order valence-electron chi connectivity index (χ4n) is 5.43. The summed E-state index contributed by atoms with van der Waals surface area (Å²) in [6.07, 6.45) is 2.71. The predicted octanol–water partition coefficient (Wildman–Crippen LogP) is 5.30. The van der Waals surface area contributed by atoms with Gasteiger partial charge in [0.1, 0.15) is 0 Å². The van der Waals surface area contributed by atoms with Crippen LogP contribution in [-0.4, -0.2) is 46.4 Å². The number of fused-ring (bicyclic) bond motifs is 5. The molecule has 1 aliphatic carbocycles. The van der Waals surface area contributed by atoms with Crippen molar-refractivity contribution in [2.24, 2.45) is 5.10 Å². The number of hydrazone groups is 1. The Morgan fingerprint density at radius 3 is 2.54 bits per heavy atom. The average Bonchev–Trinajstić information content (AvgIpc) is 3.27.